The number of nitrogens with zero attached hydrogens (tertiary/aromatic N) is 5. The summed E-state index contributed by atoms with van der Waals surface area (Å²) in [5.41, 5.74) is 10.1. The van der Waals surface area contributed by atoms with E-state index >= 15 is 0 Å². The molecule has 0 aliphatic carbocycles. The Kier molecular flexibility index (Phi) is 2.35. The van der Waals surface area contributed by atoms with Gasteiger partial charge < -0.3 is 4.42 Å². The summed E-state index contributed by atoms with van der Waals surface area (Å²) in [7, 11) is 0. The van der Waals surface area contributed by atoms with Gasteiger partial charge >= 0.3 is 6.01 Å². The van der Waals surface area contributed by atoms with Crippen LogP contribution in [0.15, 0.2) is 33.8 Å². The molecule has 1 aromatic carbocycles. The van der Waals surface area contributed by atoms with Gasteiger partial charge in [0.25, 0.3) is 0 Å². The maximum Gasteiger partial charge on any atom is 0.304 e. The molecule has 6 heteroatoms. The predicted molar refractivity (Wildman–Crippen MR) is 53.3 cm³/mol. The summed E-state index contributed by atoms with van der Waals surface area (Å²) in [5.74, 6) is 0.348. The smallest absolute Gasteiger partial charge is 0.304 e. The summed E-state index contributed by atoms with van der Waals surface area (Å²) in [5, 5.41) is 10.6. The molecule has 74 valence electrons. The Labute approximate surface area is 85.2 Å². The second-order valence-electron chi connectivity index (χ2n) is 2.95. The molecule has 0 bridgehead atoms. The molecule has 15 heavy (non-hydrogen) atoms. The van der Waals surface area contributed by atoms with Gasteiger partial charge in [0.2, 0.25) is 5.89 Å². The fraction of sp³-hybridized carbons (Fsp3) is 0.111. The van der Waals surface area contributed by atoms with Crippen LogP contribution < -0.4 is 0 Å². The summed E-state index contributed by atoms with van der Waals surface area (Å²) in [6.07, 6.45) is 0. The van der Waals surface area contributed by atoms with Crippen molar-refractivity contribution in [2.75, 3.05) is 0 Å². The zero-order valence-electron chi connectivity index (χ0n) is 7.95. The van der Waals surface area contributed by atoms with Crippen LogP contribution in [0.25, 0.3) is 21.9 Å². The Bertz CT molecular complexity index is 527. The zero-order valence-corrected chi connectivity index (χ0v) is 7.95. The van der Waals surface area contributed by atoms with Crippen molar-refractivity contribution in [2.24, 2.45) is 5.11 Å². The Morgan fingerprint density at radius 1 is 1.40 bits per heavy atom. The minimum Gasteiger partial charge on any atom is -0.415 e. The molecule has 0 atom stereocenters. The molecule has 0 amide bonds. The highest BCUT2D eigenvalue weighted by molar-refractivity contribution is 5.54. The van der Waals surface area contributed by atoms with Crippen molar-refractivity contribution in [3.05, 3.63) is 40.3 Å². The van der Waals surface area contributed by atoms with Crippen molar-refractivity contribution < 1.29 is 4.42 Å². The molecule has 0 N–H and O–H groups in total. The highest BCUT2D eigenvalue weighted by Gasteiger charge is 2.06. The average molecular weight is 201 g/mol. The Morgan fingerprint density at radius 2 is 2.27 bits per heavy atom. The van der Waals surface area contributed by atoms with Gasteiger partial charge in [0, 0.05) is 15.6 Å². The number of hydrogen-bond acceptors (Lipinski definition) is 4. The first kappa shape index (κ1) is 9.23. The normalized spacial score (nSPS) is 9.67. The van der Waals surface area contributed by atoms with E-state index in [0.29, 0.717) is 5.89 Å². The van der Waals surface area contributed by atoms with Crippen LogP contribution >= 0.6 is 0 Å². The number of rotatable bonds is 2. The third-order valence-electron chi connectivity index (χ3n) is 1.81. The van der Waals surface area contributed by atoms with Gasteiger partial charge in [-0.15, -0.1) is 10.2 Å². The van der Waals surface area contributed by atoms with Crippen molar-refractivity contribution in [2.45, 2.75) is 6.92 Å². The lowest BCUT2D eigenvalue weighted by Gasteiger charge is -1.95. The van der Waals surface area contributed by atoms with Crippen LogP contribution in [0.1, 0.15) is 5.56 Å². The topological polar surface area (TPSA) is 87.7 Å². The highest BCUT2D eigenvalue weighted by atomic mass is 16.4. The molecule has 0 fully saturated rings. The van der Waals surface area contributed by atoms with Crippen molar-refractivity contribution in [3.8, 4) is 11.5 Å². The van der Waals surface area contributed by atoms with Crippen molar-refractivity contribution in [1.82, 2.24) is 10.2 Å². The Hall–Kier alpha value is -2.33. The molecule has 2 rings (SSSR count). The maximum atomic E-state index is 8.17. The number of benzene rings is 1. The van der Waals surface area contributed by atoms with Crippen LogP contribution in [-0.2, 0) is 0 Å². The highest BCUT2D eigenvalue weighted by Crippen LogP contribution is 2.21. The lowest BCUT2D eigenvalue weighted by atomic mass is 10.1. The van der Waals surface area contributed by atoms with Crippen LogP contribution in [0.2, 0.25) is 0 Å². The lowest BCUT2D eigenvalue weighted by molar-refractivity contribution is 0.578. The number of aryl methyl sites for hydroxylation is 1. The molecule has 0 unspecified atom stereocenters. The van der Waals surface area contributed by atoms with E-state index in [9.17, 15) is 0 Å². The third kappa shape index (κ3) is 1.95. The van der Waals surface area contributed by atoms with Crippen LogP contribution in [-0.4, -0.2) is 10.2 Å². The first-order chi connectivity index (χ1) is 7.29. The van der Waals surface area contributed by atoms with Crippen molar-refractivity contribution in [1.29, 1.82) is 0 Å². The molecule has 6 nitrogen and oxygen atoms in total. The molecule has 0 aliphatic heterocycles. The molecule has 2 aromatic rings. The van der Waals surface area contributed by atoms with Crippen LogP contribution in [0.5, 0.6) is 0 Å². The third-order valence-corrected chi connectivity index (χ3v) is 1.81. The quantitative estimate of drug-likeness (QED) is 0.425. The van der Waals surface area contributed by atoms with E-state index in [1.54, 1.807) is 0 Å². The number of hydrogen-bond donors (Lipinski definition) is 0. The molecule has 0 saturated carbocycles. The van der Waals surface area contributed by atoms with E-state index in [2.05, 4.69) is 20.2 Å². The Morgan fingerprint density at radius 3 is 3.00 bits per heavy atom. The first-order valence-electron chi connectivity index (χ1n) is 4.25. The van der Waals surface area contributed by atoms with E-state index in [-0.39, 0.29) is 6.01 Å². The van der Waals surface area contributed by atoms with Gasteiger partial charge in [0.15, 0.2) is 0 Å². The van der Waals surface area contributed by atoms with E-state index < -0.39 is 0 Å². The second kappa shape index (κ2) is 3.81. The standard InChI is InChI=1S/C9H7N5O/c1-6-3-2-4-7(5-6)8-11-12-9(15-8)13-14-10/h2-5H,1H3. The van der Waals surface area contributed by atoms with Gasteiger partial charge in [-0.2, -0.15) is 0 Å². The molecule has 1 heterocycles. The van der Waals surface area contributed by atoms with Gasteiger partial charge in [-0.3, -0.25) is 0 Å². The minimum absolute atomic E-state index is 0.0750. The predicted octanol–water partition coefficient (Wildman–Crippen LogP) is 2.99. The first-order valence-corrected chi connectivity index (χ1v) is 4.25. The van der Waals surface area contributed by atoms with Gasteiger partial charge in [-0.05, 0) is 24.6 Å². The fourth-order valence-corrected chi connectivity index (χ4v) is 1.19. The molecule has 0 spiro atoms. The summed E-state index contributed by atoms with van der Waals surface area (Å²) >= 11 is 0. The van der Waals surface area contributed by atoms with Gasteiger partial charge in [0.1, 0.15) is 0 Å². The van der Waals surface area contributed by atoms with Crippen molar-refractivity contribution >= 4 is 6.01 Å². The average Bonchev–Trinajstić information content (AvgIpc) is 2.67. The summed E-state index contributed by atoms with van der Waals surface area (Å²) < 4.78 is 5.12. The largest absolute Gasteiger partial charge is 0.415 e. The van der Waals surface area contributed by atoms with E-state index in [4.69, 9.17) is 9.95 Å². The number of azide groups is 1. The van der Waals surface area contributed by atoms with Gasteiger partial charge in [0.05, 0.1) is 0 Å². The summed E-state index contributed by atoms with van der Waals surface area (Å²) in [6, 6.07) is 7.54. The van der Waals surface area contributed by atoms with Gasteiger partial charge in [-0.25, -0.2) is 0 Å². The minimum atomic E-state index is -0.0750. The maximum absolute atomic E-state index is 8.17. The summed E-state index contributed by atoms with van der Waals surface area (Å²) in [6.45, 7) is 1.97. The molecular weight excluding hydrogens is 194 g/mol. The van der Waals surface area contributed by atoms with Crippen LogP contribution in [0.4, 0.5) is 6.01 Å². The zero-order chi connectivity index (χ0) is 10.7. The summed E-state index contributed by atoms with van der Waals surface area (Å²) in [4.78, 5) is 2.56. The second-order valence-corrected chi connectivity index (χ2v) is 2.95. The van der Waals surface area contributed by atoms with Crippen molar-refractivity contribution in [3.63, 3.8) is 0 Å². The van der Waals surface area contributed by atoms with Gasteiger partial charge in [-0.1, -0.05) is 17.7 Å². The van der Waals surface area contributed by atoms with E-state index in [1.807, 2.05) is 31.2 Å². The lowest BCUT2D eigenvalue weighted by Crippen LogP contribution is -1.78. The molecule has 0 aliphatic rings. The van der Waals surface area contributed by atoms with E-state index in [1.165, 1.54) is 0 Å². The fourth-order valence-electron chi connectivity index (χ4n) is 1.19. The molecule has 0 saturated heterocycles. The monoisotopic (exact) mass is 201 g/mol. The van der Waals surface area contributed by atoms with Crippen LogP contribution in [0.3, 0.4) is 0 Å². The molecular formula is C9H7N5O. The molecule has 0 radical (unpaired) electrons. The number of aromatic nitrogens is 2. The molecule has 1 aromatic heterocycles. The van der Waals surface area contributed by atoms with Crippen LogP contribution in [0, 0.1) is 6.92 Å². The van der Waals surface area contributed by atoms with E-state index in [0.717, 1.165) is 11.1 Å². The Balaban J connectivity index is 2.41. The SMILES string of the molecule is Cc1cccc(-c2nnc(N=[N+]=[N-])o2)c1.